The number of halogens is 1. The largest absolute Gasteiger partial charge is 0.334 e. The molecule has 4 rings (SSSR count). The Kier molecular flexibility index (Phi) is 6.49. The number of fused-ring (bicyclic) bond motifs is 1. The fourth-order valence-corrected chi connectivity index (χ4v) is 5.06. The van der Waals surface area contributed by atoms with Gasteiger partial charge >= 0.3 is 0 Å². The molecule has 2 aliphatic rings. The van der Waals surface area contributed by atoms with Crippen LogP contribution in [0.2, 0.25) is 5.02 Å². The van der Waals surface area contributed by atoms with Crippen LogP contribution in [0.25, 0.3) is 5.69 Å². The average molecular weight is 429 g/mol. The highest BCUT2D eigenvalue weighted by Gasteiger charge is 2.32. The molecule has 1 amide bonds. The van der Waals surface area contributed by atoms with Crippen LogP contribution in [-0.4, -0.2) is 44.6 Å². The summed E-state index contributed by atoms with van der Waals surface area (Å²) in [5.74, 6) is 0.479. The van der Waals surface area contributed by atoms with Crippen LogP contribution >= 0.6 is 11.6 Å². The van der Waals surface area contributed by atoms with Crippen LogP contribution in [0.1, 0.15) is 63.4 Å². The van der Waals surface area contributed by atoms with Gasteiger partial charge < -0.3 is 4.90 Å². The van der Waals surface area contributed by atoms with Crippen molar-refractivity contribution in [1.29, 1.82) is 0 Å². The van der Waals surface area contributed by atoms with Crippen LogP contribution in [0.5, 0.6) is 0 Å². The summed E-state index contributed by atoms with van der Waals surface area (Å²) in [6, 6.07) is 8.04. The molecule has 1 aliphatic heterocycles. The van der Waals surface area contributed by atoms with E-state index in [1.54, 1.807) is 0 Å². The standard InChI is InChI=1S/C24H33ClN4O/c1-4-27-14-13-22-19(15-27)21(26-29(22)23-12-8-7-11-20(23)25)16-28(17(2)3)24(30)18-9-5-6-10-18/h7-8,11-12,17-18H,4-6,9-10,13-16H2,1-3H3. The quantitative estimate of drug-likeness (QED) is 0.661. The molecule has 1 saturated carbocycles. The van der Waals surface area contributed by atoms with Crippen LogP contribution in [-0.2, 0) is 24.3 Å². The summed E-state index contributed by atoms with van der Waals surface area (Å²) in [6.45, 7) is 9.93. The lowest BCUT2D eigenvalue weighted by Gasteiger charge is -2.30. The van der Waals surface area contributed by atoms with Gasteiger partial charge in [-0.15, -0.1) is 0 Å². The molecule has 0 bridgehead atoms. The summed E-state index contributed by atoms with van der Waals surface area (Å²) in [7, 11) is 0. The number of nitrogens with zero attached hydrogens (tertiary/aromatic N) is 4. The van der Waals surface area contributed by atoms with Gasteiger partial charge in [-0.05, 0) is 45.4 Å². The minimum atomic E-state index is 0.157. The molecule has 30 heavy (non-hydrogen) atoms. The first-order valence-electron chi connectivity index (χ1n) is 11.4. The number of amides is 1. The summed E-state index contributed by atoms with van der Waals surface area (Å²) in [5, 5.41) is 5.74. The molecule has 0 N–H and O–H groups in total. The van der Waals surface area contributed by atoms with E-state index in [9.17, 15) is 4.79 Å². The number of benzene rings is 1. The Balaban J connectivity index is 1.71. The Morgan fingerprint density at radius 2 is 2.00 bits per heavy atom. The number of hydrogen-bond donors (Lipinski definition) is 0. The van der Waals surface area contributed by atoms with Gasteiger partial charge in [-0.1, -0.05) is 43.5 Å². The number of likely N-dealkylation sites (N-methyl/N-ethyl adjacent to an activating group) is 1. The van der Waals surface area contributed by atoms with Crippen LogP contribution in [0.4, 0.5) is 0 Å². The molecule has 2 aromatic rings. The molecule has 162 valence electrons. The predicted molar refractivity (Wildman–Crippen MR) is 121 cm³/mol. The Morgan fingerprint density at radius 3 is 2.67 bits per heavy atom. The summed E-state index contributed by atoms with van der Waals surface area (Å²) >= 11 is 6.52. The molecule has 1 aromatic carbocycles. The van der Waals surface area contributed by atoms with Crippen molar-refractivity contribution >= 4 is 17.5 Å². The van der Waals surface area contributed by atoms with Crippen LogP contribution in [0.3, 0.4) is 0 Å². The van der Waals surface area contributed by atoms with E-state index in [1.807, 2.05) is 33.8 Å². The maximum atomic E-state index is 13.3. The van der Waals surface area contributed by atoms with E-state index >= 15 is 0 Å². The molecule has 1 aliphatic carbocycles. The third kappa shape index (κ3) is 4.15. The van der Waals surface area contributed by atoms with Gasteiger partial charge in [0.05, 0.1) is 28.6 Å². The number of hydrogen-bond acceptors (Lipinski definition) is 3. The molecule has 0 atom stereocenters. The second-order valence-electron chi connectivity index (χ2n) is 8.90. The normalized spacial score (nSPS) is 17.5. The van der Waals surface area contributed by atoms with E-state index in [0.717, 1.165) is 50.3 Å². The van der Waals surface area contributed by atoms with Gasteiger partial charge in [-0.25, -0.2) is 4.68 Å². The lowest BCUT2D eigenvalue weighted by atomic mass is 10.0. The van der Waals surface area contributed by atoms with Gasteiger partial charge in [-0.2, -0.15) is 5.10 Å². The van der Waals surface area contributed by atoms with E-state index < -0.39 is 0 Å². The first kappa shape index (κ1) is 21.4. The fraction of sp³-hybridized carbons (Fsp3) is 0.583. The Bertz CT molecular complexity index is 901. The van der Waals surface area contributed by atoms with Crippen molar-refractivity contribution in [2.45, 2.75) is 72.0 Å². The lowest BCUT2D eigenvalue weighted by molar-refractivity contribution is -0.137. The number of para-hydroxylation sites is 1. The third-order valence-electron chi connectivity index (χ3n) is 6.68. The summed E-state index contributed by atoms with van der Waals surface area (Å²) in [4.78, 5) is 17.8. The average Bonchev–Trinajstić information content (AvgIpc) is 3.40. The minimum absolute atomic E-state index is 0.157. The van der Waals surface area contributed by atoms with Gasteiger partial charge in [-0.3, -0.25) is 9.69 Å². The molecule has 5 nitrogen and oxygen atoms in total. The number of carbonyl (C=O) groups excluding carboxylic acids is 1. The smallest absolute Gasteiger partial charge is 0.226 e. The maximum Gasteiger partial charge on any atom is 0.226 e. The highest BCUT2D eigenvalue weighted by Crippen LogP contribution is 2.31. The third-order valence-corrected chi connectivity index (χ3v) is 7.00. The molecule has 1 aromatic heterocycles. The number of aromatic nitrogens is 2. The van der Waals surface area contributed by atoms with E-state index in [2.05, 4.69) is 25.7 Å². The van der Waals surface area contributed by atoms with Crippen LogP contribution in [0, 0.1) is 5.92 Å². The zero-order chi connectivity index (χ0) is 21.3. The number of rotatable bonds is 6. The topological polar surface area (TPSA) is 41.4 Å². The van der Waals surface area contributed by atoms with E-state index in [1.165, 1.54) is 24.1 Å². The van der Waals surface area contributed by atoms with Gasteiger partial charge in [0.25, 0.3) is 0 Å². The molecule has 2 heterocycles. The summed E-state index contributed by atoms with van der Waals surface area (Å²) < 4.78 is 2.03. The Hall–Kier alpha value is -1.85. The molecule has 6 heteroatoms. The van der Waals surface area contributed by atoms with Gasteiger partial charge in [0.2, 0.25) is 5.91 Å². The van der Waals surface area contributed by atoms with Crippen molar-refractivity contribution in [3.05, 3.63) is 46.2 Å². The molecule has 1 fully saturated rings. The van der Waals surface area contributed by atoms with Crippen molar-refractivity contribution in [3.63, 3.8) is 0 Å². The highest BCUT2D eigenvalue weighted by atomic mass is 35.5. The molecule has 0 spiro atoms. The Morgan fingerprint density at radius 1 is 1.27 bits per heavy atom. The molecular formula is C24H33ClN4O. The van der Waals surface area contributed by atoms with E-state index in [0.29, 0.717) is 17.5 Å². The predicted octanol–water partition coefficient (Wildman–Crippen LogP) is 4.83. The molecule has 0 radical (unpaired) electrons. The van der Waals surface area contributed by atoms with E-state index in [4.69, 9.17) is 16.7 Å². The van der Waals surface area contributed by atoms with Gasteiger partial charge in [0, 0.05) is 37.0 Å². The SMILES string of the molecule is CCN1CCc2c(c(CN(C(=O)C3CCCC3)C(C)C)nn2-c2ccccc2Cl)C1. The van der Waals surface area contributed by atoms with E-state index in [-0.39, 0.29) is 12.0 Å². The molecule has 0 saturated heterocycles. The van der Waals surface area contributed by atoms with Crippen LogP contribution < -0.4 is 0 Å². The highest BCUT2D eigenvalue weighted by molar-refractivity contribution is 6.32. The zero-order valence-corrected chi connectivity index (χ0v) is 19.2. The van der Waals surface area contributed by atoms with Crippen molar-refractivity contribution in [3.8, 4) is 5.69 Å². The maximum absolute atomic E-state index is 13.3. The first-order valence-corrected chi connectivity index (χ1v) is 11.7. The fourth-order valence-electron chi connectivity index (χ4n) is 4.85. The molecule has 0 unspecified atom stereocenters. The zero-order valence-electron chi connectivity index (χ0n) is 18.4. The van der Waals surface area contributed by atoms with Crippen molar-refractivity contribution in [2.24, 2.45) is 5.92 Å². The van der Waals surface area contributed by atoms with Crippen molar-refractivity contribution < 1.29 is 4.79 Å². The summed E-state index contributed by atoms with van der Waals surface area (Å²) in [5.41, 5.74) is 4.45. The summed E-state index contributed by atoms with van der Waals surface area (Å²) in [6.07, 6.45) is 5.34. The number of carbonyl (C=O) groups is 1. The monoisotopic (exact) mass is 428 g/mol. The van der Waals surface area contributed by atoms with Gasteiger partial charge in [0.15, 0.2) is 0 Å². The minimum Gasteiger partial charge on any atom is -0.334 e. The second-order valence-corrected chi connectivity index (χ2v) is 9.30. The van der Waals surface area contributed by atoms with Gasteiger partial charge in [0.1, 0.15) is 0 Å². The first-order chi connectivity index (χ1) is 14.5. The Labute approximate surface area is 185 Å². The lowest BCUT2D eigenvalue weighted by Crippen LogP contribution is -2.40. The van der Waals surface area contributed by atoms with Crippen molar-refractivity contribution in [2.75, 3.05) is 13.1 Å². The molecular weight excluding hydrogens is 396 g/mol. The van der Waals surface area contributed by atoms with Crippen molar-refractivity contribution in [1.82, 2.24) is 19.6 Å². The second kappa shape index (κ2) is 9.11. The van der Waals surface area contributed by atoms with Crippen LogP contribution in [0.15, 0.2) is 24.3 Å².